The molecule has 1 heterocycles. The lowest BCUT2D eigenvalue weighted by molar-refractivity contribution is 0.966. The first-order chi connectivity index (χ1) is 6.18. The summed E-state index contributed by atoms with van der Waals surface area (Å²) in [5.41, 5.74) is 0. The Balaban J connectivity index is 2.13. The van der Waals surface area contributed by atoms with E-state index in [2.05, 4.69) is 31.9 Å². The Labute approximate surface area is 99.5 Å². The highest BCUT2D eigenvalue weighted by Gasteiger charge is 2.11. The molecule has 0 amide bonds. The molecule has 0 saturated carbocycles. The predicted molar refractivity (Wildman–Crippen MR) is 73.1 cm³/mol. The average Bonchev–Trinajstić information content (AvgIpc) is 2.53. The first-order valence-corrected chi connectivity index (χ1v) is 8.01. The molecule has 1 rings (SSSR count). The minimum absolute atomic E-state index is 0.520. The van der Waals surface area contributed by atoms with Crippen molar-refractivity contribution < 1.29 is 0 Å². The molecule has 0 bridgehead atoms. The van der Waals surface area contributed by atoms with Crippen LogP contribution in [0.15, 0.2) is 10.3 Å². The van der Waals surface area contributed by atoms with Crippen molar-refractivity contribution in [3.63, 3.8) is 0 Å². The van der Waals surface area contributed by atoms with Gasteiger partial charge in [0.1, 0.15) is 0 Å². The number of thiol groups is 1. The van der Waals surface area contributed by atoms with E-state index in [1.807, 2.05) is 35.3 Å². The van der Waals surface area contributed by atoms with Gasteiger partial charge in [0.05, 0.1) is 0 Å². The van der Waals surface area contributed by atoms with Crippen molar-refractivity contribution in [2.75, 3.05) is 10.8 Å². The first kappa shape index (κ1) is 12.2. The maximum atomic E-state index is 4.38. The lowest BCUT2D eigenvalue weighted by Crippen LogP contribution is -2.03. The highest BCUT2D eigenvalue weighted by Crippen LogP contribution is 2.36. The summed E-state index contributed by atoms with van der Waals surface area (Å²) in [5.74, 6) is 1.16. The number of hydrogen-bond acceptors (Lipinski definition) is 4. The van der Waals surface area contributed by atoms with Gasteiger partial charge in [-0.2, -0.15) is 24.4 Å². The van der Waals surface area contributed by atoms with E-state index < -0.39 is 0 Å². The van der Waals surface area contributed by atoms with Crippen LogP contribution in [0.1, 0.15) is 20.3 Å². The standard InChI is InChI=1S/C9H16S4/c1-7(10)4-12-8(2)3-9-5-11-6-13-9/h5,7-8,10H,3-4,6H2,1-2H3. The van der Waals surface area contributed by atoms with Crippen LogP contribution in [0, 0.1) is 0 Å². The largest absolute Gasteiger partial charge is 0.175 e. The van der Waals surface area contributed by atoms with Crippen molar-refractivity contribution in [1.29, 1.82) is 0 Å². The van der Waals surface area contributed by atoms with E-state index in [1.165, 1.54) is 11.5 Å². The van der Waals surface area contributed by atoms with Crippen LogP contribution in [-0.4, -0.2) is 21.3 Å². The molecule has 76 valence electrons. The third-order valence-corrected chi connectivity index (χ3v) is 5.77. The van der Waals surface area contributed by atoms with Gasteiger partial charge in [-0.25, -0.2) is 0 Å². The number of hydrogen-bond donors (Lipinski definition) is 1. The van der Waals surface area contributed by atoms with Crippen LogP contribution in [0.2, 0.25) is 0 Å². The summed E-state index contributed by atoms with van der Waals surface area (Å²) in [6.45, 7) is 4.47. The number of allylic oxidation sites excluding steroid dienone is 1. The zero-order valence-corrected chi connectivity index (χ0v) is 11.4. The van der Waals surface area contributed by atoms with E-state index in [0.717, 1.165) is 11.0 Å². The second-order valence-electron chi connectivity index (χ2n) is 3.21. The van der Waals surface area contributed by atoms with Gasteiger partial charge in [-0.05, 0) is 16.7 Å². The van der Waals surface area contributed by atoms with E-state index >= 15 is 0 Å². The fraction of sp³-hybridized carbons (Fsp3) is 0.778. The fourth-order valence-electron chi connectivity index (χ4n) is 1.02. The van der Waals surface area contributed by atoms with Gasteiger partial charge in [-0.1, -0.05) is 13.8 Å². The summed E-state index contributed by atoms with van der Waals surface area (Å²) in [6.07, 6.45) is 1.24. The zero-order valence-electron chi connectivity index (χ0n) is 8.03. The molecule has 1 aliphatic heterocycles. The molecule has 0 aromatic rings. The molecule has 0 aromatic carbocycles. The Bertz CT molecular complexity index is 176. The summed E-state index contributed by atoms with van der Waals surface area (Å²) in [7, 11) is 0. The molecular weight excluding hydrogens is 236 g/mol. The smallest absolute Gasteiger partial charge is 0.0478 e. The molecule has 2 atom stereocenters. The van der Waals surface area contributed by atoms with Gasteiger partial charge in [0.25, 0.3) is 0 Å². The minimum atomic E-state index is 0.520. The Hall–Kier alpha value is 1.14. The van der Waals surface area contributed by atoms with Gasteiger partial charge >= 0.3 is 0 Å². The van der Waals surface area contributed by atoms with Gasteiger partial charge in [0.15, 0.2) is 0 Å². The van der Waals surface area contributed by atoms with Crippen molar-refractivity contribution in [2.24, 2.45) is 0 Å². The van der Waals surface area contributed by atoms with E-state index in [1.54, 1.807) is 4.91 Å². The lowest BCUT2D eigenvalue weighted by atomic mass is 10.3. The van der Waals surface area contributed by atoms with Crippen LogP contribution < -0.4 is 0 Å². The molecule has 2 unspecified atom stereocenters. The van der Waals surface area contributed by atoms with Gasteiger partial charge < -0.3 is 0 Å². The van der Waals surface area contributed by atoms with Gasteiger partial charge in [0, 0.05) is 21.3 Å². The molecule has 0 aliphatic carbocycles. The van der Waals surface area contributed by atoms with Crippen LogP contribution in [0.25, 0.3) is 0 Å². The molecule has 0 aromatic heterocycles. The maximum Gasteiger partial charge on any atom is 0.0478 e. The van der Waals surface area contributed by atoms with E-state index in [4.69, 9.17) is 0 Å². The fourth-order valence-corrected chi connectivity index (χ4v) is 4.57. The molecule has 1 aliphatic rings. The number of rotatable bonds is 5. The summed E-state index contributed by atoms with van der Waals surface area (Å²) < 4.78 is 0. The molecular formula is C9H16S4. The van der Waals surface area contributed by atoms with Crippen molar-refractivity contribution in [1.82, 2.24) is 0 Å². The van der Waals surface area contributed by atoms with Crippen molar-refractivity contribution >= 4 is 47.9 Å². The Morgan fingerprint density at radius 2 is 2.38 bits per heavy atom. The highest BCUT2D eigenvalue weighted by molar-refractivity contribution is 8.22. The van der Waals surface area contributed by atoms with Crippen LogP contribution in [0.5, 0.6) is 0 Å². The minimum Gasteiger partial charge on any atom is -0.175 e. The maximum absolute atomic E-state index is 4.38. The molecule has 0 spiro atoms. The second-order valence-corrected chi connectivity index (χ2v) is 7.89. The quantitative estimate of drug-likeness (QED) is 0.732. The van der Waals surface area contributed by atoms with E-state index in [9.17, 15) is 0 Å². The van der Waals surface area contributed by atoms with Crippen LogP contribution in [0.3, 0.4) is 0 Å². The third-order valence-electron chi connectivity index (χ3n) is 1.64. The normalized spacial score (nSPS) is 21.3. The van der Waals surface area contributed by atoms with Crippen LogP contribution >= 0.6 is 47.9 Å². The SMILES string of the molecule is CC(S)CSC(C)CC1=CSCS1. The molecule has 0 radical (unpaired) electrons. The third kappa shape index (κ3) is 5.55. The van der Waals surface area contributed by atoms with Crippen molar-refractivity contribution in [3.05, 3.63) is 10.3 Å². The topological polar surface area (TPSA) is 0 Å². The first-order valence-electron chi connectivity index (χ1n) is 4.41. The summed E-state index contributed by atoms with van der Waals surface area (Å²) >= 11 is 10.3. The van der Waals surface area contributed by atoms with Crippen LogP contribution in [-0.2, 0) is 0 Å². The monoisotopic (exact) mass is 252 g/mol. The second kappa shape index (κ2) is 6.59. The lowest BCUT2D eigenvalue weighted by Gasteiger charge is -2.12. The van der Waals surface area contributed by atoms with Gasteiger partial charge in [-0.15, -0.1) is 23.5 Å². The summed E-state index contributed by atoms with van der Waals surface area (Å²) in [5, 5.41) is 4.79. The van der Waals surface area contributed by atoms with Crippen molar-refractivity contribution in [3.8, 4) is 0 Å². The predicted octanol–water partition coefficient (Wildman–Crippen LogP) is 4.10. The van der Waals surface area contributed by atoms with Crippen LogP contribution in [0.4, 0.5) is 0 Å². The Kier molecular flexibility index (Phi) is 6.19. The molecule has 0 nitrogen and oxygen atoms in total. The summed E-state index contributed by atoms with van der Waals surface area (Å²) in [4.78, 5) is 1.57. The Morgan fingerprint density at radius 3 is 2.92 bits per heavy atom. The number of thioether (sulfide) groups is 3. The Morgan fingerprint density at radius 1 is 1.62 bits per heavy atom. The average molecular weight is 252 g/mol. The molecule has 4 heteroatoms. The van der Waals surface area contributed by atoms with E-state index in [-0.39, 0.29) is 0 Å². The van der Waals surface area contributed by atoms with Crippen molar-refractivity contribution in [2.45, 2.75) is 30.8 Å². The zero-order chi connectivity index (χ0) is 9.68. The van der Waals surface area contributed by atoms with Gasteiger partial charge in [-0.3, -0.25) is 0 Å². The highest BCUT2D eigenvalue weighted by atomic mass is 32.2. The van der Waals surface area contributed by atoms with E-state index in [0.29, 0.717) is 5.25 Å². The molecule has 0 fully saturated rings. The van der Waals surface area contributed by atoms with Gasteiger partial charge in [0.2, 0.25) is 0 Å². The molecule has 0 saturated heterocycles. The summed E-state index contributed by atoms with van der Waals surface area (Å²) in [6, 6.07) is 0. The molecule has 0 N–H and O–H groups in total. The molecule has 13 heavy (non-hydrogen) atoms.